The number of para-hydroxylation sites is 1. The molecule has 20 heavy (non-hydrogen) atoms. The van der Waals surface area contributed by atoms with Crippen LogP contribution in [0.3, 0.4) is 0 Å². The zero-order valence-electron chi connectivity index (χ0n) is 10.6. The standard InChI is InChI=1S/C15H14ClNO3/c16-10-3-1-2-4-11(10)17-14(18)12-8-5-6-9(7-8)13(12)15(19)20/h1-6,8-9,12-13H,7H2,(H,17,18)(H,19,20)/p-1/t8-,9+,12+,13+/m1/s1. The summed E-state index contributed by atoms with van der Waals surface area (Å²) < 4.78 is 0. The summed E-state index contributed by atoms with van der Waals surface area (Å²) in [6.45, 7) is 0. The van der Waals surface area contributed by atoms with Crippen molar-refractivity contribution in [2.75, 3.05) is 5.32 Å². The molecule has 4 nitrogen and oxygen atoms in total. The van der Waals surface area contributed by atoms with E-state index in [4.69, 9.17) is 11.6 Å². The molecular formula is C15H13ClNO3-. The maximum Gasteiger partial charge on any atom is 0.228 e. The number of hydrogen-bond donors (Lipinski definition) is 1. The van der Waals surface area contributed by atoms with Crippen LogP contribution in [0.1, 0.15) is 6.42 Å². The van der Waals surface area contributed by atoms with E-state index in [0.717, 1.165) is 0 Å². The number of halogens is 1. The van der Waals surface area contributed by atoms with E-state index in [1.165, 1.54) is 0 Å². The molecule has 0 radical (unpaired) electrons. The Balaban J connectivity index is 1.82. The van der Waals surface area contributed by atoms with E-state index in [0.29, 0.717) is 17.1 Å². The molecule has 1 aromatic rings. The molecule has 0 spiro atoms. The van der Waals surface area contributed by atoms with Crippen LogP contribution in [0.4, 0.5) is 5.69 Å². The third kappa shape index (κ3) is 2.10. The van der Waals surface area contributed by atoms with E-state index in [2.05, 4.69) is 5.32 Å². The summed E-state index contributed by atoms with van der Waals surface area (Å²) in [4.78, 5) is 23.7. The van der Waals surface area contributed by atoms with Gasteiger partial charge in [-0.15, -0.1) is 0 Å². The van der Waals surface area contributed by atoms with Crippen molar-refractivity contribution >= 4 is 29.2 Å². The first-order valence-corrected chi connectivity index (χ1v) is 6.90. The van der Waals surface area contributed by atoms with Crippen molar-refractivity contribution in [3.63, 3.8) is 0 Å². The number of hydrogen-bond acceptors (Lipinski definition) is 3. The third-order valence-corrected chi connectivity index (χ3v) is 4.50. The predicted molar refractivity (Wildman–Crippen MR) is 72.8 cm³/mol. The predicted octanol–water partition coefficient (Wildman–Crippen LogP) is 1.47. The van der Waals surface area contributed by atoms with Crippen LogP contribution in [0.15, 0.2) is 36.4 Å². The van der Waals surface area contributed by atoms with E-state index in [9.17, 15) is 14.7 Å². The molecule has 1 saturated carbocycles. The van der Waals surface area contributed by atoms with Crippen molar-refractivity contribution in [3.05, 3.63) is 41.4 Å². The third-order valence-electron chi connectivity index (χ3n) is 4.17. The van der Waals surface area contributed by atoms with Crippen LogP contribution in [0.25, 0.3) is 0 Å². The van der Waals surface area contributed by atoms with Crippen molar-refractivity contribution in [1.29, 1.82) is 0 Å². The van der Waals surface area contributed by atoms with Gasteiger partial charge < -0.3 is 15.2 Å². The highest BCUT2D eigenvalue weighted by molar-refractivity contribution is 6.33. The van der Waals surface area contributed by atoms with Crippen LogP contribution in [-0.2, 0) is 9.59 Å². The van der Waals surface area contributed by atoms with Gasteiger partial charge in [0, 0.05) is 11.9 Å². The van der Waals surface area contributed by atoms with E-state index in [1.54, 1.807) is 24.3 Å². The molecule has 1 aromatic carbocycles. The number of carbonyl (C=O) groups is 2. The Hall–Kier alpha value is -1.81. The van der Waals surface area contributed by atoms with Gasteiger partial charge in [0.15, 0.2) is 0 Å². The first kappa shape index (κ1) is 13.2. The number of allylic oxidation sites excluding steroid dienone is 2. The highest BCUT2D eigenvalue weighted by atomic mass is 35.5. The smallest absolute Gasteiger partial charge is 0.228 e. The minimum atomic E-state index is -1.15. The molecule has 0 aromatic heterocycles. The normalized spacial score (nSPS) is 30.4. The number of anilines is 1. The zero-order chi connectivity index (χ0) is 14.3. The van der Waals surface area contributed by atoms with Crippen molar-refractivity contribution in [3.8, 4) is 0 Å². The number of aliphatic carboxylic acids is 1. The Kier molecular flexibility index (Phi) is 3.26. The molecule has 2 bridgehead atoms. The second-order valence-electron chi connectivity index (χ2n) is 5.29. The maximum atomic E-state index is 12.4. The largest absolute Gasteiger partial charge is 0.550 e. The van der Waals surface area contributed by atoms with Gasteiger partial charge in [-0.3, -0.25) is 4.79 Å². The fraction of sp³-hybridized carbons (Fsp3) is 0.333. The highest BCUT2D eigenvalue weighted by Crippen LogP contribution is 2.48. The van der Waals surface area contributed by atoms with Crippen LogP contribution >= 0.6 is 11.6 Å². The van der Waals surface area contributed by atoms with Gasteiger partial charge in [-0.05, 0) is 30.4 Å². The number of carboxylic acid groups (broad SMARTS) is 1. The van der Waals surface area contributed by atoms with E-state index in [1.807, 2.05) is 12.2 Å². The quantitative estimate of drug-likeness (QED) is 0.857. The first-order valence-electron chi connectivity index (χ1n) is 6.52. The molecule has 104 valence electrons. The number of carboxylic acids is 1. The van der Waals surface area contributed by atoms with Gasteiger partial charge in [-0.1, -0.05) is 35.9 Å². The second-order valence-corrected chi connectivity index (χ2v) is 5.70. The van der Waals surface area contributed by atoms with Gasteiger partial charge in [-0.25, -0.2) is 0 Å². The fourth-order valence-corrected chi connectivity index (χ4v) is 3.46. The molecule has 5 heteroatoms. The molecule has 3 rings (SSSR count). The maximum absolute atomic E-state index is 12.4. The Morgan fingerprint density at radius 2 is 1.80 bits per heavy atom. The van der Waals surface area contributed by atoms with Gasteiger partial charge >= 0.3 is 0 Å². The molecule has 0 unspecified atom stereocenters. The Bertz CT molecular complexity index is 599. The van der Waals surface area contributed by atoms with Crippen LogP contribution < -0.4 is 10.4 Å². The van der Waals surface area contributed by atoms with Gasteiger partial charge in [0.1, 0.15) is 0 Å². The first-order chi connectivity index (χ1) is 9.58. The van der Waals surface area contributed by atoms with Gasteiger partial charge in [0.2, 0.25) is 5.91 Å². The molecule has 0 aliphatic heterocycles. The molecular weight excluding hydrogens is 278 g/mol. The second kappa shape index (κ2) is 4.94. The Morgan fingerprint density at radius 1 is 1.15 bits per heavy atom. The monoisotopic (exact) mass is 290 g/mol. The fourth-order valence-electron chi connectivity index (χ4n) is 3.28. The summed E-state index contributed by atoms with van der Waals surface area (Å²) in [5.74, 6) is -2.89. The highest BCUT2D eigenvalue weighted by Gasteiger charge is 2.48. The van der Waals surface area contributed by atoms with E-state index < -0.39 is 17.8 Å². The molecule has 1 amide bonds. The number of nitrogens with one attached hydrogen (secondary N) is 1. The lowest BCUT2D eigenvalue weighted by molar-refractivity contribution is -0.313. The van der Waals surface area contributed by atoms with Crippen molar-refractivity contribution in [1.82, 2.24) is 0 Å². The topological polar surface area (TPSA) is 69.2 Å². The Labute approximate surface area is 121 Å². The van der Waals surface area contributed by atoms with Gasteiger partial charge in [0.05, 0.1) is 16.6 Å². The minimum Gasteiger partial charge on any atom is -0.550 e. The van der Waals surface area contributed by atoms with E-state index >= 15 is 0 Å². The Morgan fingerprint density at radius 3 is 2.45 bits per heavy atom. The average molecular weight is 291 g/mol. The summed E-state index contributed by atoms with van der Waals surface area (Å²) in [5.41, 5.74) is 0.503. The molecule has 2 aliphatic carbocycles. The molecule has 0 saturated heterocycles. The summed E-state index contributed by atoms with van der Waals surface area (Å²) in [5, 5.41) is 14.4. The number of fused-ring (bicyclic) bond motifs is 2. The summed E-state index contributed by atoms with van der Waals surface area (Å²) >= 11 is 6.00. The number of rotatable bonds is 3. The molecule has 4 atom stereocenters. The van der Waals surface area contributed by atoms with Crippen LogP contribution in [-0.4, -0.2) is 11.9 Å². The number of benzene rings is 1. The van der Waals surface area contributed by atoms with Crippen LogP contribution in [0, 0.1) is 23.7 Å². The molecule has 1 N–H and O–H groups in total. The number of amides is 1. The van der Waals surface area contributed by atoms with Crippen LogP contribution in [0.2, 0.25) is 5.02 Å². The van der Waals surface area contributed by atoms with Crippen molar-refractivity contribution in [2.45, 2.75) is 6.42 Å². The summed E-state index contributed by atoms with van der Waals surface area (Å²) in [7, 11) is 0. The zero-order valence-corrected chi connectivity index (χ0v) is 11.3. The lowest BCUT2D eigenvalue weighted by Gasteiger charge is -2.27. The summed E-state index contributed by atoms with van der Waals surface area (Å²) in [6, 6.07) is 6.89. The lowest BCUT2D eigenvalue weighted by Crippen LogP contribution is -2.42. The number of carbonyl (C=O) groups excluding carboxylic acids is 2. The molecule has 0 heterocycles. The minimum absolute atomic E-state index is 0.0228. The van der Waals surface area contributed by atoms with Gasteiger partial charge in [0.25, 0.3) is 0 Å². The average Bonchev–Trinajstić information content (AvgIpc) is 3.01. The molecule has 2 aliphatic rings. The van der Waals surface area contributed by atoms with Gasteiger partial charge in [-0.2, -0.15) is 0 Å². The van der Waals surface area contributed by atoms with Crippen LogP contribution in [0.5, 0.6) is 0 Å². The summed E-state index contributed by atoms with van der Waals surface area (Å²) in [6.07, 6.45) is 4.52. The van der Waals surface area contributed by atoms with Crippen molar-refractivity contribution < 1.29 is 14.7 Å². The molecule has 1 fully saturated rings. The SMILES string of the molecule is O=C(Nc1ccccc1Cl)[C@@H]1[C@@H](C(=O)[O-])[C@H]2C=C[C@@H]1C2. The lowest BCUT2D eigenvalue weighted by atomic mass is 9.82. The van der Waals surface area contributed by atoms with Crippen molar-refractivity contribution in [2.24, 2.45) is 23.7 Å². The van der Waals surface area contributed by atoms with E-state index in [-0.39, 0.29) is 17.7 Å².